The van der Waals surface area contributed by atoms with Crippen molar-refractivity contribution < 1.29 is 9.53 Å². The van der Waals surface area contributed by atoms with Gasteiger partial charge in [-0.05, 0) is 25.2 Å². The summed E-state index contributed by atoms with van der Waals surface area (Å²) in [7, 11) is 1.40. The maximum atomic E-state index is 11.0. The predicted octanol–water partition coefficient (Wildman–Crippen LogP) is 3.73. The van der Waals surface area contributed by atoms with Crippen molar-refractivity contribution in [2.24, 2.45) is 11.8 Å². The monoisotopic (exact) mass is 224 g/mol. The van der Waals surface area contributed by atoms with Gasteiger partial charge in [-0.1, -0.05) is 44.9 Å². The summed E-state index contributed by atoms with van der Waals surface area (Å²) >= 11 is 0. The fraction of sp³-hybridized carbons (Fsp3) is 0.643. The summed E-state index contributed by atoms with van der Waals surface area (Å²) in [5.74, 6) is 1.03. The summed E-state index contributed by atoms with van der Waals surface area (Å²) < 4.78 is 4.56. The Kier molecular flexibility index (Phi) is 7.61. The molecule has 16 heavy (non-hydrogen) atoms. The zero-order chi connectivity index (χ0) is 12.6. The second-order valence-electron chi connectivity index (χ2n) is 4.39. The Morgan fingerprint density at radius 1 is 1.38 bits per heavy atom. The number of methoxy groups -OCH3 is 1. The van der Waals surface area contributed by atoms with E-state index in [1.165, 1.54) is 19.6 Å². The summed E-state index contributed by atoms with van der Waals surface area (Å²) in [6.07, 6.45) is 7.91. The van der Waals surface area contributed by atoms with Crippen molar-refractivity contribution in [2.75, 3.05) is 7.11 Å². The summed E-state index contributed by atoms with van der Waals surface area (Å²) in [4.78, 5) is 11.0. The van der Waals surface area contributed by atoms with Crippen LogP contribution in [0.15, 0.2) is 23.8 Å². The van der Waals surface area contributed by atoms with E-state index in [9.17, 15) is 4.79 Å². The van der Waals surface area contributed by atoms with E-state index >= 15 is 0 Å². The second-order valence-corrected chi connectivity index (χ2v) is 4.39. The van der Waals surface area contributed by atoms with Crippen molar-refractivity contribution in [3.8, 4) is 0 Å². The molecule has 2 atom stereocenters. The number of hydrogen-bond acceptors (Lipinski definition) is 2. The highest BCUT2D eigenvalue weighted by Crippen LogP contribution is 2.16. The SMILES string of the molecule is CC[C@H](C)[C@@H](C)/C=C/C/C(C)=C/C(=O)OC. The Hall–Kier alpha value is -1.05. The third kappa shape index (κ3) is 6.44. The smallest absolute Gasteiger partial charge is 0.330 e. The Morgan fingerprint density at radius 2 is 2.00 bits per heavy atom. The van der Waals surface area contributed by atoms with Gasteiger partial charge in [-0.2, -0.15) is 0 Å². The molecule has 0 aliphatic rings. The van der Waals surface area contributed by atoms with E-state index in [0.717, 1.165) is 12.0 Å². The van der Waals surface area contributed by atoms with Crippen LogP contribution in [0.1, 0.15) is 40.5 Å². The van der Waals surface area contributed by atoms with Gasteiger partial charge in [0.05, 0.1) is 7.11 Å². The van der Waals surface area contributed by atoms with Crippen molar-refractivity contribution in [3.05, 3.63) is 23.8 Å². The van der Waals surface area contributed by atoms with E-state index in [0.29, 0.717) is 11.8 Å². The Morgan fingerprint density at radius 3 is 2.50 bits per heavy atom. The molecule has 0 bridgehead atoms. The molecular formula is C14H24O2. The largest absolute Gasteiger partial charge is 0.466 e. The van der Waals surface area contributed by atoms with Gasteiger partial charge in [0.1, 0.15) is 0 Å². The molecule has 0 amide bonds. The van der Waals surface area contributed by atoms with E-state index in [2.05, 4.69) is 37.7 Å². The molecule has 0 N–H and O–H groups in total. The Balaban J connectivity index is 4.09. The fourth-order valence-corrected chi connectivity index (χ4v) is 1.35. The number of carbonyl (C=O) groups excluding carboxylic acids is 1. The van der Waals surface area contributed by atoms with Crippen LogP contribution in [0, 0.1) is 11.8 Å². The first kappa shape index (κ1) is 14.9. The molecule has 0 saturated heterocycles. The Labute approximate surface area is 99.4 Å². The molecule has 0 aliphatic carbocycles. The van der Waals surface area contributed by atoms with Crippen LogP contribution in [0.5, 0.6) is 0 Å². The van der Waals surface area contributed by atoms with Crippen molar-refractivity contribution >= 4 is 5.97 Å². The summed E-state index contributed by atoms with van der Waals surface area (Å²) in [6.45, 7) is 8.63. The van der Waals surface area contributed by atoms with Gasteiger partial charge in [0.15, 0.2) is 0 Å². The van der Waals surface area contributed by atoms with Gasteiger partial charge in [0.25, 0.3) is 0 Å². The maximum Gasteiger partial charge on any atom is 0.330 e. The number of hydrogen-bond donors (Lipinski definition) is 0. The molecule has 0 aromatic rings. The minimum absolute atomic E-state index is 0.277. The molecule has 0 aromatic carbocycles. The number of rotatable bonds is 6. The van der Waals surface area contributed by atoms with Gasteiger partial charge in [-0.3, -0.25) is 0 Å². The molecule has 0 aromatic heterocycles. The summed E-state index contributed by atoms with van der Waals surface area (Å²) in [6, 6.07) is 0. The number of ether oxygens (including phenoxy) is 1. The summed E-state index contributed by atoms with van der Waals surface area (Å²) in [5.41, 5.74) is 1.03. The normalized spacial score (nSPS) is 16.2. The van der Waals surface area contributed by atoms with E-state index < -0.39 is 0 Å². The quantitative estimate of drug-likeness (QED) is 0.390. The van der Waals surface area contributed by atoms with Gasteiger partial charge in [-0.15, -0.1) is 0 Å². The maximum absolute atomic E-state index is 11.0. The Bertz CT molecular complexity index is 264. The number of allylic oxidation sites excluding steroid dienone is 3. The van der Waals surface area contributed by atoms with Gasteiger partial charge in [0, 0.05) is 6.08 Å². The minimum atomic E-state index is -0.277. The molecule has 0 heterocycles. The lowest BCUT2D eigenvalue weighted by Crippen LogP contribution is -2.03. The van der Waals surface area contributed by atoms with Crippen LogP contribution >= 0.6 is 0 Å². The van der Waals surface area contributed by atoms with Crippen molar-refractivity contribution in [1.82, 2.24) is 0 Å². The first-order valence-corrected chi connectivity index (χ1v) is 5.93. The van der Waals surface area contributed by atoms with Crippen LogP contribution in [-0.4, -0.2) is 13.1 Å². The van der Waals surface area contributed by atoms with Crippen molar-refractivity contribution in [3.63, 3.8) is 0 Å². The molecule has 0 aliphatic heterocycles. The van der Waals surface area contributed by atoms with Crippen LogP contribution in [0.3, 0.4) is 0 Å². The van der Waals surface area contributed by atoms with E-state index in [1.54, 1.807) is 0 Å². The van der Waals surface area contributed by atoms with Crippen LogP contribution < -0.4 is 0 Å². The number of esters is 1. The van der Waals surface area contributed by atoms with Crippen molar-refractivity contribution in [2.45, 2.75) is 40.5 Å². The van der Waals surface area contributed by atoms with E-state index in [1.807, 2.05) is 6.92 Å². The second kappa shape index (κ2) is 8.14. The average Bonchev–Trinajstić information content (AvgIpc) is 2.27. The number of carbonyl (C=O) groups is 1. The third-order valence-corrected chi connectivity index (χ3v) is 2.99. The highest BCUT2D eigenvalue weighted by atomic mass is 16.5. The molecule has 0 spiro atoms. The molecule has 0 unspecified atom stereocenters. The van der Waals surface area contributed by atoms with Gasteiger partial charge < -0.3 is 4.74 Å². The lowest BCUT2D eigenvalue weighted by molar-refractivity contribution is -0.134. The average molecular weight is 224 g/mol. The van der Waals surface area contributed by atoms with Gasteiger partial charge in [0.2, 0.25) is 0 Å². The molecule has 0 fully saturated rings. The highest BCUT2D eigenvalue weighted by molar-refractivity contribution is 5.82. The van der Waals surface area contributed by atoms with Gasteiger partial charge in [-0.25, -0.2) is 4.79 Å². The van der Waals surface area contributed by atoms with Crippen LogP contribution in [0.2, 0.25) is 0 Å². The first-order valence-electron chi connectivity index (χ1n) is 5.93. The summed E-state index contributed by atoms with van der Waals surface area (Å²) in [5, 5.41) is 0. The highest BCUT2D eigenvalue weighted by Gasteiger charge is 2.05. The first-order chi connectivity index (χ1) is 7.51. The molecule has 2 heteroatoms. The lowest BCUT2D eigenvalue weighted by Gasteiger charge is -2.13. The molecule has 0 saturated carbocycles. The third-order valence-electron chi connectivity index (χ3n) is 2.99. The minimum Gasteiger partial charge on any atom is -0.466 e. The molecule has 0 rings (SSSR count). The fourth-order valence-electron chi connectivity index (χ4n) is 1.35. The lowest BCUT2D eigenvalue weighted by atomic mass is 9.93. The van der Waals surface area contributed by atoms with Gasteiger partial charge >= 0.3 is 5.97 Å². The van der Waals surface area contributed by atoms with Crippen LogP contribution in [0.4, 0.5) is 0 Å². The van der Waals surface area contributed by atoms with E-state index in [4.69, 9.17) is 0 Å². The van der Waals surface area contributed by atoms with Crippen molar-refractivity contribution in [1.29, 1.82) is 0 Å². The molecule has 0 radical (unpaired) electrons. The zero-order valence-corrected chi connectivity index (χ0v) is 11.1. The predicted molar refractivity (Wildman–Crippen MR) is 68.1 cm³/mol. The molecular weight excluding hydrogens is 200 g/mol. The van der Waals surface area contributed by atoms with E-state index in [-0.39, 0.29) is 5.97 Å². The van der Waals surface area contributed by atoms with Crippen LogP contribution in [0.25, 0.3) is 0 Å². The molecule has 92 valence electrons. The molecule has 2 nitrogen and oxygen atoms in total. The topological polar surface area (TPSA) is 26.3 Å². The zero-order valence-electron chi connectivity index (χ0n) is 11.1. The van der Waals surface area contributed by atoms with Crippen LogP contribution in [-0.2, 0) is 9.53 Å². The standard InChI is InChI=1S/C14H24O2/c1-6-12(3)13(4)9-7-8-11(2)10-14(15)16-5/h7,9-10,12-13H,6,8H2,1-5H3/b9-7+,11-10+/t12-,13-/m0/s1.